The van der Waals surface area contributed by atoms with Gasteiger partial charge in [-0.2, -0.15) is 0 Å². The minimum Gasteiger partial charge on any atom is -0.339 e. The number of hydrogen-bond acceptors (Lipinski definition) is 2. The monoisotopic (exact) mass is 380 g/mol. The predicted molar refractivity (Wildman–Crippen MR) is 116 cm³/mol. The average molecular weight is 381 g/mol. The number of carbonyl (C=O) groups is 1. The standard InChI is InChI=1S/C25H36N2O/c1-20(16-21-8-4-2-5-9-21)17-26-15-14-24-23(19-26)12-13-25(28)27(24)18-22-10-6-3-7-11-22/h2,4-5,8-9,16,22-24H,3,6-7,10-15,17-19H2,1H3/b20-16+/t23-,24+/m0/s1. The van der Waals surface area contributed by atoms with Crippen molar-refractivity contribution in [3.8, 4) is 0 Å². The zero-order chi connectivity index (χ0) is 19.3. The van der Waals surface area contributed by atoms with Crippen LogP contribution in [-0.4, -0.2) is 47.9 Å². The van der Waals surface area contributed by atoms with Crippen LogP contribution in [0.25, 0.3) is 6.08 Å². The maximum Gasteiger partial charge on any atom is 0.222 e. The van der Waals surface area contributed by atoms with Crippen molar-refractivity contribution in [2.45, 2.75) is 64.3 Å². The lowest BCUT2D eigenvalue weighted by molar-refractivity contribution is -0.142. The Kier molecular flexibility index (Phi) is 6.51. The Bertz CT molecular complexity index is 677. The van der Waals surface area contributed by atoms with Gasteiger partial charge < -0.3 is 4.90 Å². The molecule has 2 heterocycles. The van der Waals surface area contributed by atoms with Crippen LogP contribution in [0.4, 0.5) is 0 Å². The molecule has 28 heavy (non-hydrogen) atoms. The molecule has 3 heteroatoms. The number of hydrogen-bond donors (Lipinski definition) is 0. The number of piperidine rings is 2. The molecule has 0 unspecified atom stereocenters. The fourth-order valence-electron chi connectivity index (χ4n) is 5.69. The summed E-state index contributed by atoms with van der Waals surface area (Å²) < 4.78 is 0. The minimum absolute atomic E-state index is 0.431. The van der Waals surface area contributed by atoms with E-state index in [0.29, 0.717) is 17.9 Å². The van der Waals surface area contributed by atoms with Crippen LogP contribution >= 0.6 is 0 Å². The van der Waals surface area contributed by atoms with Crippen LogP contribution in [0.3, 0.4) is 0 Å². The Hall–Kier alpha value is -1.61. The van der Waals surface area contributed by atoms with Crippen LogP contribution in [0.1, 0.15) is 63.9 Å². The number of fused-ring (bicyclic) bond motifs is 1. The number of benzene rings is 1. The summed E-state index contributed by atoms with van der Waals surface area (Å²) in [7, 11) is 0. The highest BCUT2D eigenvalue weighted by Gasteiger charge is 2.39. The molecule has 1 amide bonds. The second-order valence-corrected chi connectivity index (χ2v) is 9.34. The number of amides is 1. The second kappa shape index (κ2) is 9.26. The molecule has 1 aliphatic carbocycles. The second-order valence-electron chi connectivity index (χ2n) is 9.34. The van der Waals surface area contributed by atoms with E-state index in [0.717, 1.165) is 51.4 Å². The van der Waals surface area contributed by atoms with E-state index in [1.54, 1.807) is 0 Å². The highest BCUT2D eigenvalue weighted by Crippen LogP contribution is 2.34. The molecule has 0 N–H and O–H groups in total. The molecular formula is C25H36N2O. The molecule has 0 bridgehead atoms. The number of likely N-dealkylation sites (tertiary alicyclic amines) is 2. The number of carbonyl (C=O) groups excluding carboxylic acids is 1. The van der Waals surface area contributed by atoms with Gasteiger partial charge in [0.15, 0.2) is 0 Å². The Balaban J connectivity index is 1.34. The van der Waals surface area contributed by atoms with Crippen molar-refractivity contribution >= 4 is 12.0 Å². The van der Waals surface area contributed by atoms with Gasteiger partial charge in [-0.3, -0.25) is 9.69 Å². The van der Waals surface area contributed by atoms with E-state index in [1.807, 2.05) is 0 Å². The quantitative estimate of drug-likeness (QED) is 0.719. The molecule has 3 aliphatic rings. The minimum atomic E-state index is 0.431. The molecular weight excluding hydrogens is 344 g/mol. The van der Waals surface area contributed by atoms with Gasteiger partial charge in [-0.1, -0.05) is 61.2 Å². The molecule has 152 valence electrons. The topological polar surface area (TPSA) is 23.6 Å². The molecule has 3 fully saturated rings. The molecule has 0 radical (unpaired) electrons. The summed E-state index contributed by atoms with van der Waals surface area (Å²) in [5, 5.41) is 0. The first kappa shape index (κ1) is 19.7. The first-order chi connectivity index (χ1) is 13.7. The Labute approximate surface area is 170 Å². The normalized spacial score (nSPS) is 27.7. The summed E-state index contributed by atoms with van der Waals surface area (Å²) in [6, 6.07) is 11.1. The molecule has 0 aromatic heterocycles. The van der Waals surface area contributed by atoms with E-state index in [2.05, 4.69) is 53.1 Å². The van der Waals surface area contributed by atoms with Crippen molar-refractivity contribution in [2.75, 3.05) is 26.2 Å². The van der Waals surface area contributed by atoms with Crippen LogP contribution in [0.5, 0.6) is 0 Å². The molecule has 4 rings (SSSR count). The van der Waals surface area contributed by atoms with Crippen LogP contribution in [0, 0.1) is 11.8 Å². The summed E-state index contributed by atoms with van der Waals surface area (Å²) >= 11 is 0. The summed E-state index contributed by atoms with van der Waals surface area (Å²) in [6.45, 7) is 6.61. The summed E-state index contributed by atoms with van der Waals surface area (Å²) in [6.07, 6.45) is 12.1. The molecule has 1 aromatic carbocycles. The van der Waals surface area contributed by atoms with Crippen molar-refractivity contribution in [3.63, 3.8) is 0 Å². The van der Waals surface area contributed by atoms with E-state index in [1.165, 1.54) is 43.2 Å². The maximum atomic E-state index is 12.7. The fraction of sp³-hybridized carbons (Fsp3) is 0.640. The molecule has 0 spiro atoms. The molecule has 3 nitrogen and oxygen atoms in total. The van der Waals surface area contributed by atoms with Gasteiger partial charge in [-0.05, 0) is 50.0 Å². The SMILES string of the molecule is C/C(=C\c1ccccc1)CN1CC[C@@H]2[C@@H](CCC(=O)N2CC2CCCCC2)C1. The molecule has 1 aromatic rings. The van der Waals surface area contributed by atoms with Crippen molar-refractivity contribution < 1.29 is 4.79 Å². The van der Waals surface area contributed by atoms with E-state index in [4.69, 9.17) is 0 Å². The summed E-state index contributed by atoms with van der Waals surface area (Å²) in [5.74, 6) is 1.85. The van der Waals surface area contributed by atoms with E-state index in [-0.39, 0.29) is 0 Å². The highest BCUT2D eigenvalue weighted by atomic mass is 16.2. The van der Waals surface area contributed by atoms with Crippen LogP contribution in [0.15, 0.2) is 35.9 Å². The molecule has 2 aliphatic heterocycles. The highest BCUT2D eigenvalue weighted by molar-refractivity contribution is 5.77. The molecule has 2 atom stereocenters. The van der Waals surface area contributed by atoms with E-state index >= 15 is 0 Å². The van der Waals surface area contributed by atoms with Gasteiger partial charge in [0.2, 0.25) is 5.91 Å². The van der Waals surface area contributed by atoms with Crippen LogP contribution in [0.2, 0.25) is 0 Å². The van der Waals surface area contributed by atoms with Gasteiger partial charge in [0, 0.05) is 38.6 Å². The number of rotatable bonds is 5. The van der Waals surface area contributed by atoms with Crippen molar-refractivity contribution in [1.29, 1.82) is 0 Å². The van der Waals surface area contributed by atoms with Gasteiger partial charge in [-0.25, -0.2) is 0 Å². The van der Waals surface area contributed by atoms with Crippen LogP contribution in [-0.2, 0) is 4.79 Å². The molecule has 2 saturated heterocycles. The third kappa shape index (κ3) is 4.86. The third-order valence-corrected chi connectivity index (χ3v) is 7.09. The average Bonchev–Trinajstić information content (AvgIpc) is 2.71. The van der Waals surface area contributed by atoms with Crippen molar-refractivity contribution in [1.82, 2.24) is 9.80 Å². The summed E-state index contributed by atoms with van der Waals surface area (Å²) in [4.78, 5) is 17.6. The Morgan fingerprint density at radius 3 is 2.64 bits per heavy atom. The van der Waals surface area contributed by atoms with Gasteiger partial charge in [-0.15, -0.1) is 0 Å². The predicted octanol–water partition coefficient (Wildman–Crippen LogP) is 4.98. The Morgan fingerprint density at radius 1 is 1.07 bits per heavy atom. The van der Waals surface area contributed by atoms with Gasteiger partial charge in [0.1, 0.15) is 0 Å². The molecule has 1 saturated carbocycles. The van der Waals surface area contributed by atoms with Crippen molar-refractivity contribution in [2.24, 2.45) is 11.8 Å². The lowest BCUT2D eigenvalue weighted by Crippen LogP contribution is -2.57. The first-order valence-electron chi connectivity index (χ1n) is 11.4. The van der Waals surface area contributed by atoms with Gasteiger partial charge in [0.05, 0.1) is 0 Å². The zero-order valence-corrected chi connectivity index (χ0v) is 17.5. The van der Waals surface area contributed by atoms with E-state index < -0.39 is 0 Å². The van der Waals surface area contributed by atoms with Crippen molar-refractivity contribution in [3.05, 3.63) is 41.5 Å². The lowest BCUT2D eigenvalue weighted by atomic mass is 9.81. The fourth-order valence-corrected chi connectivity index (χ4v) is 5.69. The number of nitrogens with zero attached hydrogens (tertiary/aromatic N) is 2. The van der Waals surface area contributed by atoms with E-state index in [9.17, 15) is 4.79 Å². The third-order valence-electron chi connectivity index (χ3n) is 7.09. The Morgan fingerprint density at radius 2 is 1.86 bits per heavy atom. The maximum absolute atomic E-state index is 12.7. The smallest absolute Gasteiger partial charge is 0.222 e. The lowest BCUT2D eigenvalue weighted by Gasteiger charge is -2.48. The zero-order valence-electron chi connectivity index (χ0n) is 17.5. The van der Waals surface area contributed by atoms with Crippen LogP contribution < -0.4 is 0 Å². The summed E-state index contributed by atoms with van der Waals surface area (Å²) in [5.41, 5.74) is 2.72. The first-order valence-corrected chi connectivity index (χ1v) is 11.4. The van der Waals surface area contributed by atoms with Gasteiger partial charge in [0.25, 0.3) is 0 Å². The van der Waals surface area contributed by atoms with Gasteiger partial charge >= 0.3 is 0 Å². The largest absolute Gasteiger partial charge is 0.339 e.